The lowest BCUT2D eigenvalue weighted by molar-refractivity contribution is -0.153. The van der Waals surface area contributed by atoms with Crippen LogP contribution in [0.5, 0.6) is 0 Å². The molecule has 1 N–H and O–H groups in total. The first-order chi connectivity index (χ1) is 12.3. The predicted molar refractivity (Wildman–Crippen MR) is 80.2 cm³/mol. The summed E-state index contributed by atoms with van der Waals surface area (Å²) in [4.78, 5) is 61.2. The fourth-order valence-corrected chi connectivity index (χ4v) is 3.29. The van der Waals surface area contributed by atoms with E-state index in [0.717, 1.165) is 28.4 Å². The van der Waals surface area contributed by atoms with Gasteiger partial charge in [-0.25, -0.2) is 9.59 Å². The summed E-state index contributed by atoms with van der Waals surface area (Å²) in [5.74, 6) is -10.5. The first-order valence-electron chi connectivity index (χ1n) is 7.30. The molecule has 0 amide bonds. The third-order valence-corrected chi connectivity index (χ3v) is 4.36. The number of ether oxygens (including phenoxy) is 4. The summed E-state index contributed by atoms with van der Waals surface area (Å²) in [6, 6.07) is 0. The highest BCUT2D eigenvalue weighted by Crippen LogP contribution is 2.52. The van der Waals surface area contributed by atoms with Crippen LogP contribution in [0.15, 0.2) is 22.5 Å². The summed E-state index contributed by atoms with van der Waals surface area (Å²) in [7, 11) is 4.05. The van der Waals surface area contributed by atoms with Crippen molar-refractivity contribution >= 4 is 29.7 Å². The molecule has 2 rings (SSSR count). The number of ketones is 1. The minimum Gasteiger partial charge on any atom is -0.510 e. The van der Waals surface area contributed by atoms with Crippen LogP contribution in [0.2, 0.25) is 0 Å². The van der Waals surface area contributed by atoms with Crippen molar-refractivity contribution in [2.45, 2.75) is 0 Å². The third-order valence-electron chi connectivity index (χ3n) is 4.36. The van der Waals surface area contributed by atoms with Crippen LogP contribution in [0.4, 0.5) is 0 Å². The number of Topliss-reactive ketones (excluding diaryl/α,β-unsaturated/α-hetero) is 1. The summed E-state index contributed by atoms with van der Waals surface area (Å²) in [5, 5.41) is 10.4. The normalized spacial score (nSPS) is 24.3. The number of methoxy groups -OCH3 is 4. The Morgan fingerprint density at radius 1 is 0.769 bits per heavy atom. The van der Waals surface area contributed by atoms with Crippen molar-refractivity contribution in [3.8, 4) is 0 Å². The molecule has 0 aromatic rings. The van der Waals surface area contributed by atoms with Crippen molar-refractivity contribution in [2.75, 3.05) is 28.4 Å². The van der Waals surface area contributed by atoms with Crippen molar-refractivity contribution in [2.24, 2.45) is 17.8 Å². The standard InChI is InChI=1S/C16H16O10/c1-23-13(19)7-5-6(9(11(7)17)15(21)25-3)10(16(22)26-4)12(18)8(5)14(20)24-2/h5,7-8,17H,1-4H3/t5-,7-,8+/m1/s1. The average Bonchev–Trinajstić information content (AvgIpc) is 3.08. The second kappa shape index (κ2) is 6.98. The molecule has 0 aromatic carbocycles. The summed E-state index contributed by atoms with van der Waals surface area (Å²) >= 11 is 0. The zero-order valence-corrected chi connectivity index (χ0v) is 14.4. The van der Waals surface area contributed by atoms with Crippen LogP contribution >= 0.6 is 0 Å². The number of aliphatic hydroxyl groups is 1. The number of rotatable bonds is 4. The Kier molecular flexibility index (Phi) is 5.15. The first kappa shape index (κ1) is 19.2. The zero-order chi connectivity index (χ0) is 19.8. The number of hydrogen-bond donors (Lipinski definition) is 1. The van der Waals surface area contributed by atoms with Gasteiger partial charge >= 0.3 is 23.9 Å². The second-order valence-electron chi connectivity index (χ2n) is 5.42. The van der Waals surface area contributed by atoms with E-state index in [0.29, 0.717) is 0 Å². The second-order valence-corrected chi connectivity index (χ2v) is 5.42. The number of carbonyl (C=O) groups excluding carboxylic acids is 5. The van der Waals surface area contributed by atoms with Crippen LogP contribution < -0.4 is 0 Å². The number of esters is 4. The Balaban J connectivity index is 2.82. The first-order valence-corrected chi connectivity index (χ1v) is 7.30. The van der Waals surface area contributed by atoms with Crippen molar-refractivity contribution in [3.63, 3.8) is 0 Å². The molecule has 0 radical (unpaired) electrons. The molecule has 0 bridgehead atoms. The zero-order valence-electron chi connectivity index (χ0n) is 14.4. The fraction of sp³-hybridized carbons (Fsp3) is 0.438. The Bertz CT molecular complexity index is 772. The van der Waals surface area contributed by atoms with Gasteiger partial charge in [0.1, 0.15) is 28.7 Å². The van der Waals surface area contributed by atoms with Crippen LogP contribution in [0.3, 0.4) is 0 Å². The quantitative estimate of drug-likeness (QED) is 0.291. The minimum absolute atomic E-state index is 0.294. The Labute approximate surface area is 147 Å². The van der Waals surface area contributed by atoms with Crippen molar-refractivity contribution in [1.29, 1.82) is 0 Å². The van der Waals surface area contributed by atoms with Gasteiger partial charge in [-0.3, -0.25) is 14.4 Å². The average molecular weight is 368 g/mol. The maximum Gasteiger partial charge on any atom is 0.341 e. The molecule has 0 aliphatic heterocycles. The van der Waals surface area contributed by atoms with Gasteiger partial charge in [-0.15, -0.1) is 0 Å². The Morgan fingerprint density at radius 2 is 1.23 bits per heavy atom. The summed E-state index contributed by atoms with van der Waals surface area (Å²) in [5.41, 5.74) is -1.46. The van der Waals surface area contributed by atoms with E-state index < -0.39 is 64.3 Å². The molecule has 2 aliphatic rings. The van der Waals surface area contributed by atoms with Crippen molar-refractivity contribution < 1.29 is 48.0 Å². The summed E-state index contributed by atoms with van der Waals surface area (Å²) in [6.07, 6.45) is 0. The number of aliphatic hydroxyl groups excluding tert-OH is 1. The molecule has 0 heterocycles. The Hall–Kier alpha value is -3.17. The molecular formula is C16H16O10. The predicted octanol–water partition coefficient (Wildman–Crippen LogP) is -0.768. The number of hydrogen-bond acceptors (Lipinski definition) is 10. The van der Waals surface area contributed by atoms with Crippen LogP contribution in [-0.4, -0.2) is 63.2 Å². The highest BCUT2D eigenvalue weighted by Gasteiger charge is 2.61. The van der Waals surface area contributed by atoms with Gasteiger partial charge in [-0.1, -0.05) is 0 Å². The smallest absolute Gasteiger partial charge is 0.341 e. The highest BCUT2D eigenvalue weighted by molar-refractivity contribution is 6.27. The molecule has 0 aromatic heterocycles. The van der Waals surface area contributed by atoms with Gasteiger partial charge in [-0.2, -0.15) is 0 Å². The van der Waals surface area contributed by atoms with Crippen LogP contribution in [0.25, 0.3) is 0 Å². The molecule has 10 nitrogen and oxygen atoms in total. The maximum absolute atomic E-state index is 12.7. The van der Waals surface area contributed by atoms with E-state index in [1.54, 1.807) is 0 Å². The van der Waals surface area contributed by atoms with E-state index in [2.05, 4.69) is 18.9 Å². The van der Waals surface area contributed by atoms with E-state index >= 15 is 0 Å². The van der Waals surface area contributed by atoms with Gasteiger partial charge in [-0.05, 0) is 5.57 Å². The fourth-order valence-electron chi connectivity index (χ4n) is 3.29. The van der Waals surface area contributed by atoms with E-state index in [1.165, 1.54) is 0 Å². The lowest BCUT2D eigenvalue weighted by atomic mass is 9.83. The minimum atomic E-state index is -1.63. The molecule has 26 heavy (non-hydrogen) atoms. The molecule has 0 spiro atoms. The molecular weight excluding hydrogens is 352 g/mol. The van der Waals surface area contributed by atoms with Gasteiger partial charge in [0.05, 0.1) is 28.4 Å². The molecule has 0 saturated heterocycles. The third kappa shape index (κ3) is 2.54. The number of fused-ring (bicyclic) bond motifs is 1. The largest absolute Gasteiger partial charge is 0.510 e. The highest BCUT2D eigenvalue weighted by atomic mass is 16.5. The van der Waals surface area contributed by atoms with Crippen molar-refractivity contribution in [1.82, 2.24) is 0 Å². The van der Waals surface area contributed by atoms with E-state index in [9.17, 15) is 29.1 Å². The summed E-state index contributed by atoms with van der Waals surface area (Å²) < 4.78 is 18.3. The van der Waals surface area contributed by atoms with E-state index in [1.807, 2.05) is 0 Å². The van der Waals surface area contributed by atoms with Gasteiger partial charge in [0, 0.05) is 5.92 Å². The van der Waals surface area contributed by atoms with Gasteiger partial charge in [0.15, 0.2) is 5.78 Å². The van der Waals surface area contributed by atoms with Crippen LogP contribution in [0.1, 0.15) is 0 Å². The molecule has 10 heteroatoms. The number of carbonyl (C=O) groups is 5. The summed E-state index contributed by atoms with van der Waals surface area (Å²) in [6.45, 7) is 0. The monoisotopic (exact) mass is 368 g/mol. The van der Waals surface area contributed by atoms with Crippen LogP contribution in [-0.2, 0) is 42.9 Å². The molecule has 3 atom stereocenters. The Morgan fingerprint density at radius 3 is 1.69 bits per heavy atom. The topological polar surface area (TPSA) is 142 Å². The van der Waals surface area contributed by atoms with Gasteiger partial charge in [0.25, 0.3) is 0 Å². The van der Waals surface area contributed by atoms with E-state index in [-0.39, 0.29) is 5.57 Å². The van der Waals surface area contributed by atoms with Crippen molar-refractivity contribution in [3.05, 3.63) is 22.5 Å². The maximum atomic E-state index is 12.7. The molecule has 140 valence electrons. The van der Waals surface area contributed by atoms with E-state index in [4.69, 9.17) is 0 Å². The molecule has 0 fully saturated rings. The van der Waals surface area contributed by atoms with Gasteiger partial charge in [0.2, 0.25) is 0 Å². The van der Waals surface area contributed by atoms with Crippen LogP contribution in [0, 0.1) is 17.8 Å². The lowest BCUT2D eigenvalue weighted by Gasteiger charge is -2.20. The van der Waals surface area contributed by atoms with Gasteiger partial charge < -0.3 is 24.1 Å². The SMILES string of the molecule is COC(=O)C1=C(O)[C@H](C(=O)OC)[C@H]2C1=C(C(=O)OC)C(=O)[C@H]2C(=O)OC. The lowest BCUT2D eigenvalue weighted by Crippen LogP contribution is -2.35. The molecule has 0 unspecified atom stereocenters. The molecule has 0 saturated carbocycles. The molecule has 2 aliphatic carbocycles.